The Kier molecular flexibility index (Phi) is 6.58. The molecule has 0 aliphatic heterocycles. The summed E-state index contributed by atoms with van der Waals surface area (Å²) >= 11 is 0. The van der Waals surface area contributed by atoms with Crippen LogP contribution in [0.1, 0.15) is 49.4 Å². The number of methoxy groups -OCH3 is 1. The molecule has 2 rings (SSSR count). The van der Waals surface area contributed by atoms with E-state index in [4.69, 9.17) is 9.47 Å². The molecule has 24 heavy (non-hydrogen) atoms. The summed E-state index contributed by atoms with van der Waals surface area (Å²) in [6.07, 6.45) is 4.99. The standard InChI is InChI=1S/C18H24FNO4/c1-12(17(21)20-11-13-6-4-3-5-7-13)24-18(22)14-8-9-16(23-2)15(19)10-14/h8-10,12-13H,3-7,11H2,1-2H3,(H,20,21)/t12-/m1/s1. The van der Waals surface area contributed by atoms with E-state index in [-0.39, 0.29) is 17.2 Å². The Bertz CT molecular complexity index is 584. The average Bonchev–Trinajstić information content (AvgIpc) is 2.60. The molecule has 1 amide bonds. The van der Waals surface area contributed by atoms with Crippen molar-refractivity contribution in [3.05, 3.63) is 29.6 Å². The van der Waals surface area contributed by atoms with E-state index in [0.717, 1.165) is 18.9 Å². The van der Waals surface area contributed by atoms with Gasteiger partial charge < -0.3 is 14.8 Å². The van der Waals surface area contributed by atoms with Crippen molar-refractivity contribution in [1.82, 2.24) is 5.32 Å². The smallest absolute Gasteiger partial charge is 0.339 e. The van der Waals surface area contributed by atoms with Gasteiger partial charge in [0.05, 0.1) is 12.7 Å². The van der Waals surface area contributed by atoms with Crippen LogP contribution in [0.15, 0.2) is 18.2 Å². The average molecular weight is 337 g/mol. The Labute approximate surface area is 141 Å². The number of carbonyl (C=O) groups excluding carboxylic acids is 2. The fraction of sp³-hybridized carbons (Fsp3) is 0.556. The maximum atomic E-state index is 13.6. The summed E-state index contributed by atoms with van der Waals surface area (Å²) in [5.41, 5.74) is 0.0419. The van der Waals surface area contributed by atoms with Crippen LogP contribution in [0, 0.1) is 11.7 Å². The van der Waals surface area contributed by atoms with Crippen LogP contribution in [0.25, 0.3) is 0 Å². The van der Waals surface area contributed by atoms with Gasteiger partial charge in [0.1, 0.15) is 0 Å². The van der Waals surface area contributed by atoms with Crippen LogP contribution in [0.3, 0.4) is 0 Å². The van der Waals surface area contributed by atoms with Crippen molar-refractivity contribution < 1.29 is 23.5 Å². The fourth-order valence-electron chi connectivity index (χ4n) is 2.86. The van der Waals surface area contributed by atoms with Gasteiger partial charge in [0.15, 0.2) is 17.7 Å². The highest BCUT2D eigenvalue weighted by Gasteiger charge is 2.21. The first-order valence-corrected chi connectivity index (χ1v) is 8.33. The van der Waals surface area contributed by atoms with Crippen molar-refractivity contribution in [3.63, 3.8) is 0 Å². The molecule has 0 saturated heterocycles. The third-order valence-corrected chi connectivity index (χ3v) is 4.33. The maximum absolute atomic E-state index is 13.6. The Balaban J connectivity index is 1.83. The normalized spacial score (nSPS) is 16.3. The van der Waals surface area contributed by atoms with Crippen LogP contribution < -0.4 is 10.1 Å². The Hall–Kier alpha value is -2.11. The second-order valence-electron chi connectivity index (χ2n) is 6.15. The molecule has 1 N–H and O–H groups in total. The Morgan fingerprint density at radius 1 is 1.29 bits per heavy atom. The maximum Gasteiger partial charge on any atom is 0.339 e. The van der Waals surface area contributed by atoms with Gasteiger partial charge in [-0.2, -0.15) is 0 Å². The third kappa shape index (κ3) is 4.94. The molecule has 0 unspecified atom stereocenters. The zero-order valence-electron chi connectivity index (χ0n) is 14.1. The van der Waals surface area contributed by atoms with Crippen LogP contribution >= 0.6 is 0 Å². The minimum atomic E-state index is -0.925. The van der Waals surface area contributed by atoms with E-state index >= 15 is 0 Å². The molecule has 132 valence electrons. The summed E-state index contributed by atoms with van der Waals surface area (Å²) in [7, 11) is 1.34. The Morgan fingerprint density at radius 3 is 2.62 bits per heavy atom. The molecule has 1 aliphatic rings. The van der Waals surface area contributed by atoms with Crippen molar-refractivity contribution in [2.75, 3.05) is 13.7 Å². The van der Waals surface area contributed by atoms with Crippen molar-refractivity contribution in [3.8, 4) is 5.75 Å². The largest absolute Gasteiger partial charge is 0.494 e. The molecule has 5 nitrogen and oxygen atoms in total. The minimum absolute atomic E-state index is 0.0419. The first kappa shape index (κ1) is 18.2. The summed E-state index contributed by atoms with van der Waals surface area (Å²) in [4.78, 5) is 24.0. The summed E-state index contributed by atoms with van der Waals surface area (Å²) in [5, 5.41) is 2.83. The number of benzene rings is 1. The van der Waals surface area contributed by atoms with Crippen molar-refractivity contribution >= 4 is 11.9 Å². The highest BCUT2D eigenvalue weighted by atomic mass is 19.1. The van der Waals surface area contributed by atoms with Gasteiger partial charge in [0, 0.05) is 6.54 Å². The molecule has 0 aromatic heterocycles. The van der Waals surface area contributed by atoms with Gasteiger partial charge in [0.25, 0.3) is 5.91 Å². The second kappa shape index (κ2) is 8.66. The zero-order valence-corrected chi connectivity index (χ0v) is 14.1. The summed E-state index contributed by atoms with van der Waals surface area (Å²) in [6.45, 7) is 2.12. The van der Waals surface area contributed by atoms with Crippen molar-refractivity contribution in [2.45, 2.75) is 45.1 Å². The molecule has 6 heteroatoms. The molecular weight excluding hydrogens is 313 g/mol. The topological polar surface area (TPSA) is 64.6 Å². The lowest BCUT2D eigenvalue weighted by Gasteiger charge is -2.22. The lowest BCUT2D eigenvalue weighted by atomic mass is 9.89. The molecule has 1 atom stereocenters. The number of carbonyl (C=O) groups is 2. The molecule has 1 saturated carbocycles. The quantitative estimate of drug-likeness (QED) is 0.810. The predicted octanol–water partition coefficient (Wildman–Crippen LogP) is 3.08. The lowest BCUT2D eigenvalue weighted by molar-refractivity contribution is -0.129. The van der Waals surface area contributed by atoms with Crippen LogP contribution in [0.2, 0.25) is 0 Å². The van der Waals surface area contributed by atoms with Crippen LogP contribution in [0.4, 0.5) is 4.39 Å². The number of amides is 1. The van der Waals surface area contributed by atoms with Crippen LogP contribution in [-0.2, 0) is 9.53 Å². The minimum Gasteiger partial charge on any atom is -0.494 e. The van der Waals surface area contributed by atoms with Gasteiger partial charge in [-0.3, -0.25) is 4.79 Å². The zero-order chi connectivity index (χ0) is 17.5. The summed E-state index contributed by atoms with van der Waals surface area (Å²) < 4.78 is 23.5. The molecule has 0 heterocycles. The van der Waals surface area contributed by atoms with E-state index in [1.165, 1.54) is 45.4 Å². The highest BCUT2D eigenvalue weighted by molar-refractivity contribution is 5.92. The van der Waals surface area contributed by atoms with E-state index in [1.807, 2.05) is 0 Å². The number of rotatable bonds is 6. The third-order valence-electron chi connectivity index (χ3n) is 4.33. The second-order valence-corrected chi connectivity index (χ2v) is 6.15. The molecule has 1 fully saturated rings. The van der Waals surface area contributed by atoms with E-state index in [1.54, 1.807) is 0 Å². The highest BCUT2D eigenvalue weighted by Crippen LogP contribution is 2.23. The van der Waals surface area contributed by atoms with Crippen LogP contribution in [-0.4, -0.2) is 31.6 Å². The van der Waals surface area contributed by atoms with E-state index in [2.05, 4.69) is 5.32 Å². The number of nitrogens with one attached hydrogen (secondary N) is 1. The van der Waals surface area contributed by atoms with Gasteiger partial charge in [-0.1, -0.05) is 19.3 Å². The number of ether oxygens (including phenoxy) is 2. The Morgan fingerprint density at radius 2 is 2.00 bits per heavy atom. The first-order chi connectivity index (χ1) is 11.5. The summed E-state index contributed by atoms with van der Waals surface area (Å²) in [5.74, 6) is -1.17. The van der Waals surface area contributed by atoms with Crippen molar-refractivity contribution in [2.24, 2.45) is 5.92 Å². The van der Waals surface area contributed by atoms with Gasteiger partial charge in [-0.05, 0) is 43.9 Å². The molecule has 0 spiro atoms. The summed E-state index contributed by atoms with van der Waals surface area (Å²) in [6, 6.07) is 3.78. The van der Waals surface area contributed by atoms with Gasteiger partial charge in [-0.25, -0.2) is 9.18 Å². The van der Waals surface area contributed by atoms with Gasteiger partial charge >= 0.3 is 5.97 Å². The molecule has 1 aliphatic carbocycles. The van der Waals surface area contributed by atoms with Crippen molar-refractivity contribution in [1.29, 1.82) is 0 Å². The SMILES string of the molecule is COc1ccc(C(=O)O[C@H](C)C(=O)NCC2CCCCC2)cc1F. The molecule has 1 aromatic carbocycles. The number of hydrogen-bond acceptors (Lipinski definition) is 4. The fourth-order valence-corrected chi connectivity index (χ4v) is 2.86. The monoisotopic (exact) mass is 337 g/mol. The van der Waals surface area contributed by atoms with Gasteiger partial charge in [-0.15, -0.1) is 0 Å². The van der Waals surface area contributed by atoms with E-state index < -0.39 is 17.9 Å². The van der Waals surface area contributed by atoms with Crippen LogP contribution in [0.5, 0.6) is 5.75 Å². The first-order valence-electron chi connectivity index (χ1n) is 8.33. The number of halogens is 1. The molecule has 1 aromatic rings. The predicted molar refractivity (Wildman–Crippen MR) is 87.4 cm³/mol. The number of hydrogen-bond donors (Lipinski definition) is 1. The molecular formula is C18H24FNO4. The van der Waals surface area contributed by atoms with E-state index in [9.17, 15) is 14.0 Å². The van der Waals surface area contributed by atoms with E-state index in [0.29, 0.717) is 12.5 Å². The number of esters is 1. The molecule has 0 bridgehead atoms. The molecule has 0 radical (unpaired) electrons. The lowest BCUT2D eigenvalue weighted by Crippen LogP contribution is -2.38. The van der Waals surface area contributed by atoms with Gasteiger partial charge in [0.2, 0.25) is 0 Å².